The molecule has 20 heavy (non-hydrogen) atoms. The minimum absolute atomic E-state index is 0.0644. The predicted octanol–water partition coefficient (Wildman–Crippen LogP) is 3.72. The molecule has 2 rings (SSSR count). The van der Waals surface area contributed by atoms with E-state index >= 15 is 0 Å². The molecule has 2 aromatic rings. The molecule has 0 amide bonds. The van der Waals surface area contributed by atoms with E-state index < -0.39 is 9.84 Å². The monoisotopic (exact) mass is 372 g/mol. The van der Waals surface area contributed by atoms with Crippen LogP contribution in [0.2, 0.25) is 0 Å². The average Bonchev–Trinajstić information content (AvgIpc) is 2.39. The number of halogens is 1. The molecule has 0 unspecified atom stereocenters. The number of thioether (sulfide) groups is 1. The zero-order valence-electron chi connectivity index (χ0n) is 10.5. The topological polar surface area (TPSA) is 54.4 Å². The predicted molar refractivity (Wildman–Crippen MR) is 85.0 cm³/mol. The molecule has 2 aromatic carbocycles. The Hall–Kier alpha value is -0.980. The van der Waals surface area contributed by atoms with Crippen LogP contribution in [0.4, 0.5) is 0 Å². The largest absolute Gasteiger partial charge is 0.508 e. The molecule has 0 aliphatic carbocycles. The molecule has 6 heteroatoms. The summed E-state index contributed by atoms with van der Waals surface area (Å²) in [5.41, 5.74) is 0. The van der Waals surface area contributed by atoms with Gasteiger partial charge < -0.3 is 5.11 Å². The highest BCUT2D eigenvalue weighted by Gasteiger charge is 2.14. The summed E-state index contributed by atoms with van der Waals surface area (Å²) in [6.07, 6.45) is 0. The first kappa shape index (κ1) is 15.4. The van der Waals surface area contributed by atoms with Crippen molar-refractivity contribution in [3.05, 3.63) is 53.0 Å². The maximum Gasteiger partial charge on any atom is 0.179 e. The summed E-state index contributed by atoms with van der Waals surface area (Å²) < 4.78 is 25.1. The van der Waals surface area contributed by atoms with Crippen LogP contribution in [-0.4, -0.2) is 25.0 Å². The second-order valence-corrected chi connectivity index (χ2v) is 8.31. The number of phenolic OH excluding ortho intramolecular Hbond substituents is 1. The molecule has 0 spiro atoms. The van der Waals surface area contributed by atoms with E-state index in [1.54, 1.807) is 42.5 Å². The van der Waals surface area contributed by atoms with Crippen molar-refractivity contribution in [1.29, 1.82) is 0 Å². The van der Waals surface area contributed by atoms with Crippen LogP contribution in [0.5, 0.6) is 5.75 Å². The summed E-state index contributed by atoms with van der Waals surface area (Å²) >= 11 is 4.69. The van der Waals surface area contributed by atoms with Gasteiger partial charge in [0, 0.05) is 15.1 Å². The van der Waals surface area contributed by atoms with E-state index in [0.717, 1.165) is 9.37 Å². The molecule has 0 aliphatic rings. The summed E-state index contributed by atoms with van der Waals surface area (Å²) in [5.74, 6) is 0.697. The third kappa shape index (κ3) is 4.26. The zero-order chi connectivity index (χ0) is 14.6. The van der Waals surface area contributed by atoms with Crippen LogP contribution in [0, 0.1) is 0 Å². The van der Waals surface area contributed by atoms with Gasteiger partial charge in [0.25, 0.3) is 0 Å². The number of rotatable bonds is 5. The Labute approximate surface area is 131 Å². The van der Waals surface area contributed by atoms with Crippen molar-refractivity contribution in [2.75, 3.05) is 11.5 Å². The minimum Gasteiger partial charge on any atom is -0.508 e. The van der Waals surface area contributed by atoms with Gasteiger partial charge in [-0.2, -0.15) is 0 Å². The van der Waals surface area contributed by atoms with Crippen LogP contribution in [0.3, 0.4) is 0 Å². The third-order valence-corrected chi connectivity index (χ3v) is 6.13. The van der Waals surface area contributed by atoms with Crippen LogP contribution >= 0.6 is 27.7 Å². The van der Waals surface area contributed by atoms with Gasteiger partial charge in [-0.1, -0.05) is 22.0 Å². The SMILES string of the molecule is O=S(=O)(CCSc1cccc(O)c1)c1ccc(Br)cc1. The Bertz CT molecular complexity index is 682. The minimum atomic E-state index is -3.26. The normalized spacial score (nSPS) is 11.4. The summed E-state index contributed by atoms with van der Waals surface area (Å²) in [7, 11) is -3.26. The van der Waals surface area contributed by atoms with E-state index in [2.05, 4.69) is 15.9 Å². The molecule has 0 radical (unpaired) electrons. The van der Waals surface area contributed by atoms with Crippen LogP contribution < -0.4 is 0 Å². The van der Waals surface area contributed by atoms with Crippen LogP contribution in [0.15, 0.2) is 62.8 Å². The molecular weight excluding hydrogens is 360 g/mol. The summed E-state index contributed by atoms with van der Waals surface area (Å²) in [6, 6.07) is 13.4. The van der Waals surface area contributed by atoms with E-state index in [4.69, 9.17) is 0 Å². The first-order valence-electron chi connectivity index (χ1n) is 5.87. The van der Waals surface area contributed by atoms with Crippen LogP contribution in [0.1, 0.15) is 0 Å². The Morgan fingerprint density at radius 3 is 2.45 bits per heavy atom. The fourth-order valence-corrected chi connectivity index (χ4v) is 4.48. The molecule has 106 valence electrons. The second kappa shape index (κ2) is 6.65. The van der Waals surface area contributed by atoms with Crippen molar-refractivity contribution in [3.8, 4) is 5.75 Å². The fraction of sp³-hybridized carbons (Fsp3) is 0.143. The first-order chi connectivity index (χ1) is 9.47. The molecule has 0 aromatic heterocycles. The van der Waals surface area contributed by atoms with Gasteiger partial charge in [-0.3, -0.25) is 0 Å². The van der Waals surface area contributed by atoms with E-state index in [1.807, 2.05) is 6.07 Å². The zero-order valence-corrected chi connectivity index (χ0v) is 13.7. The van der Waals surface area contributed by atoms with Gasteiger partial charge in [-0.25, -0.2) is 8.42 Å². The lowest BCUT2D eigenvalue weighted by Gasteiger charge is -2.05. The van der Waals surface area contributed by atoms with E-state index in [1.165, 1.54) is 11.8 Å². The van der Waals surface area contributed by atoms with Crippen molar-refractivity contribution < 1.29 is 13.5 Å². The number of sulfone groups is 1. The number of hydrogen-bond donors (Lipinski definition) is 1. The maximum atomic E-state index is 12.1. The van der Waals surface area contributed by atoms with Crippen molar-refractivity contribution in [1.82, 2.24) is 0 Å². The van der Waals surface area contributed by atoms with E-state index in [-0.39, 0.29) is 11.5 Å². The number of hydrogen-bond acceptors (Lipinski definition) is 4. The average molecular weight is 373 g/mol. The van der Waals surface area contributed by atoms with Gasteiger partial charge in [0.2, 0.25) is 0 Å². The molecule has 0 bridgehead atoms. The van der Waals surface area contributed by atoms with E-state index in [9.17, 15) is 13.5 Å². The van der Waals surface area contributed by atoms with Gasteiger partial charge in [-0.15, -0.1) is 11.8 Å². The Morgan fingerprint density at radius 1 is 1.10 bits per heavy atom. The Balaban J connectivity index is 1.98. The smallest absolute Gasteiger partial charge is 0.179 e. The van der Waals surface area contributed by atoms with Gasteiger partial charge in [0.15, 0.2) is 9.84 Å². The number of benzene rings is 2. The Kier molecular flexibility index (Phi) is 5.12. The molecule has 1 N–H and O–H groups in total. The van der Waals surface area contributed by atoms with Gasteiger partial charge >= 0.3 is 0 Å². The lowest BCUT2D eigenvalue weighted by Crippen LogP contribution is -2.08. The van der Waals surface area contributed by atoms with Crippen molar-refractivity contribution in [2.45, 2.75) is 9.79 Å². The number of phenols is 1. The van der Waals surface area contributed by atoms with Crippen molar-refractivity contribution in [3.63, 3.8) is 0 Å². The fourth-order valence-electron chi connectivity index (χ4n) is 1.60. The van der Waals surface area contributed by atoms with Crippen molar-refractivity contribution in [2.24, 2.45) is 0 Å². The van der Waals surface area contributed by atoms with Crippen LogP contribution in [0.25, 0.3) is 0 Å². The number of aromatic hydroxyl groups is 1. The highest BCUT2D eigenvalue weighted by molar-refractivity contribution is 9.10. The van der Waals surface area contributed by atoms with Gasteiger partial charge in [0.05, 0.1) is 10.6 Å². The second-order valence-electron chi connectivity index (χ2n) is 4.12. The summed E-state index contributed by atoms with van der Waals surface area (Å²) in [4.78, 5) is 1.19. The Morgan fingerprint density at radius 2 is 1.80 bits per heavy atom. The quantitative estimate of drug-likeness (QED) is 0.812. The van der Waals surface area contributed by atoms with Crippen LogP contribution in [-0.2, 0) is 9.84 Å². The van der Waals surface area contributed by atoms with Crippen molar-refractivity contribution >= 4 is 37.5 Å². The van der Waals surface area contributed by atoms with Gasteiger partial charge in [-0.05, 0) is 42.5 Å². The highest BCUT2D eigenvalue weighted by atomic mass is 79.9. The summed E-state index contributed by atoms with van der Waals surface area (Å²) in [5, 5.41) is 9.34. The molecule has 0 saturated heterocycles. The molecular formula is C14H13BrO3S2. The standard InChI is InChI=1S/C14H13BrO3S2/c15-11-4-6-14(7-5-11)20(17,18)9-8-19-13-3-1-2-12(16)10-13/h1-7,10,16H,8-9H2. The first-order valence-corrected chi connectivity index (χ1v) is 9.31. The van der Waals surface area contributed by atoms with E-state index in [0.29, 0.717) is 10.6 Å². The lowest BCUT2D eigenvalue weighted by molar-refractivity contribution is 0.474. The molecule has 0 atom stereocenters. The lowest BCUT2D eigenvalue weighted by atomic mass is 10.3. The summed E-state index contributed by atoms with van der Waals surface area (Å²) in [6.45, 7) is 0. The van der Waals surface area contributed by atoms with Gasteiger partial charge in [0.1, 0.15) is 5.75 Å². The molecule has 0 fully saturated rings. The molecule has 3 nitrogen and oxygen atoms in total. The maximum absolute atomic E-state index is 12.1. The third-order valence-electron chi connectivity index (χ3n) is 2.61. The highest BCUT2D eigenvalue weighted by Crippen LogP contribution is 2.23. The molecule has 0 aliphatic heterocycles. The molecule has 0 saturated carbocycles. The molecule has 0 heterocycles.